The van der Waals surface area contributed by atoms with Gasteiger partial charge in [0.15, 0.2) is 0 Å². The van der Waals surface area contributed by atoms with Crippen LogP contribution in [0.1, 0.15) is 5.56 Å². The van der Waals surface area contributed by atoms with E-state index in [0.717, 1.165) is 5.56 Å². The molecule has 0 spiro atoms. The van der Waals surface area contributed by atoms with Crippen molar-refractivity contribution in [2.45, 2.75) is 13.0 Å². The van der Waals surface area contributed by atoms with Crippen LogP contribution < -0.4 is 21.3 Å². The van der Waals surface area contributed by atoms with Gasteiger partial charge < -0.3 is 20.9 Å². The number of fused-ring (bicyclic) bond motifs is 1. The zero-order valence-electron chi connectivity index (χ0n) is 17.6. The fraction of sp³-hybridized carbons (Fsp3) is 0.125. The molecule has 0 radical (unpaired) electrons. The molecule has 4 rings (SSSR count). The third-order valence-electron chi connectivity index (χ3n) is 5.43. The quantitative estimate of drug-likeness (QED) is 0.350. The van der Waals surface area contributed by atoms with E-state index in [4.69, 9.17) is 33.7 Å². The predicted molar refractivity (Wildman–Crippen MR) is 132 cm³/mol. The van der Waals surface area contributed by atoms with Crippen LogP contribution in [0.3, 0.4) is 0 Å². The Bertz CT molecular complexity index is 1380. The van der Waals surface area contributed by atoms with E-state index in [1.54, 1.807) is 31.4 Å². The lowest BCUT2D eigenvalue weighted by atomic mass is 9.98. The van der Waals surface area contributed by atoms with Crippen LogP contribution in [0.2, 0.25) is 10.0 Å². The number of aryl methyl sites for hydroxylation is 1. The summed E-state index contributed by atoms with van der Waals surface area (Å²) < 4.78 is 6.72. The van der Waals surface area contributed by atoms with Gasteiger partial charge >= 0.3 is 0 Å². The molecule has 0 aliphatic heterocycles. The number of aromatic nitrogens is 1. The minimum atomic E-state index is -0.383. The van der Waals surface area contributed by atoms with Gasteiger partial charge in [-0.25, -0.2) is 0 Å². The van der Waals surface area contributed by atoms with Gasteiger partial charge in [-0.2, -0.15) is 0 Å². The maximum atomic E-state index is 13.4. The Kier molecular flexibility index (Phi) is 6.49. The number of hydrogen-bond acceptors (Lipinski definition) is 6. The van der Waals surface area contributed by atoms with Gasteiger partial charge in [0.1, 0.15) is 11.6 Å². The molecule has 0 amide bonds. The van der Waals surface area contributed by atoms with Gasteiger partial charge in [-0.05, 0) is 65.4 Å². The number of halogens is 2. The maximum absolute atomic E-state index is 13.4. The highest BCUT2D eigenvalue weighted by Crippen LogP contribution is 2.36. The first-order chi connectivity index (χ1) is 15.8. The second kappa shape index (κ2) is 9.33. The molecule has 0 unspecified atom stereocenters. The van der Waals surface area contributed by atoms with Gasteiger partial charge in [0.05, 0.1) is 18.2 Å². The first-order valence-electron chi connectivity index (χ1n) is 10.00. The summed E-state index contributed by atoms with van der Waals surface area (Å²) in [5.74, 6) is 0.952. The van der Waals surface area contributed by atoms with Gasteiger partial charge in [-0.15, -0.1) is 0 Å². The number of benzene rings is 3. The monoisotopic (exact) mass is 484 g/mol. The summed E-state index contributed by atoms with van der Waals surface area (Å²) in [6.45, 7) is 0.277. The zero-order valence-corrected chi connectivity index (χ0v) is 19.1. The number of nitrogens with two attached hydrogens (primary N) is 1. The third kappa shape index (κ3) is 4.62. The lowest BCUT2D eigenvalue weighted by Crippen LogP contribution is -2.25. The van der Waals surface area contributed by atoms with Crippen LogP contribution >= 0.6 is 23.2 Å². The fourth-order valence-corrected chi connectivity index (χ4v) is 4.39. The standard InChI is InChI=1S/C24H20Cl2N3O4/c1-33-19-4-2-3-14(9-19)7-8-28-23(27)22(15-10-16(25)12-17(26)11-15)20-6-5-18(29(31)32)13-21(20)24(28)30/h2-6,9-13,31H,7-8,27H2,1H3/q-1. The molecule has 3 N–H and O–H groups in total. The number of ether oxygens (including phenoxy) is 1. The second-order valence-electron chi connectivity index (χ2n) is 7.48. The summed E-state index contributed by atoms with van der Waals surface area (Å²) in [4.78, 5) is 13.4. The van der Waals surface area contributed by atoms with Gasteiger partial charge in [0.25, 0.3) is 5.56 Å². The van der Waals surface area contributed by atoms with Crippen molar-refractivity contribution in [3.63, 3.8) is 0 Å². The third-order valence-corrected chi connectivity index (χ3v) is 5.86. The van der Waals surface area contributed by atoms with E-state index < -0.39 is 0 Å². The van der Waals surface area contributed by atoms with Crippen LogP contribution in [0.25, 0.3) is 21.9 Å². The van der Waals surface area contributed by atoms with Crippen molar-refractivity contribution < 1.29 is 9.94 Å². The predicted octanol–water partition coefficient (Wildman–Crippen LogP) is 5.50. The number of nitrogen functional groups attached to an aromatic ring is 1. The van der Waals surface area contributed by atoms with Gasteiger partial charge in [0.2, 0.25) is 0 Å². The van der Waals surface area contributed by atoms with Crippen molar-refractivity contribution in [3.05, 3.63) is 91.8 Å². The number of rotatable bonds is 6. The summed E-state index contributed by atoms with van der Waals surface area (Å²) in [6, 6.07) is 16.9. The van der Waals surface area contributed by atoms with Crippen molar-refractivity contribution >= 4 is 45.5 Å². The summed E-state index contributed by atoms with van der Waals surface area (Å²) in [5, 5.41) is 22.1. The summed E-state index contributed by atoms with van der Waals surface area (Å²) >= 11 is 12.4. The molecular weight excluding hydrogens is 465 g/mol. The van der Waals surface area contributed by atoms with E-state index >= 15 is 0 Å². The van der Waals surface area contributed by atoms with E-state index in [0.29, 0.717) is 38.7 Å². The summed E-state index contributed by atoms with van der Waals surface area (Å²) in [5.41, 5.74) is 8.22. The van der Waals surface area contributed by atoms with Crippen molar-refractivity contribution in [1.82, 2.24) is 4.57 Å². The number of nitrogens with zero attached hydrogens (tertiary/aromatic N) is 2. The first kappa shape index (κ1) is 22.9. The average Bonchev–Trinajstić information content (AvgIpc) is 2.78. The van der Waals surface area contributed by atoms with Crippen LogP contribution in [0.5, 0.6) is 5.75 Å². The zero-order chi connectivity index (χ0) is 23.7. The van der Waals surface area contributed by atoms with Crippen molar-refractivity contribution in [2.75, 3.05) is 18.1 Å². The molecule has 0 bridgehead atoms. The molecule has 0 fully saturated rings. The lowest BCUT2D eigenvalue weighted by Gasteiger charge is -2.23. The lowest BCUT2D eigenvalue weighted by molar-refractivity contribution is 0.296. The highest BCUT2D eigenvalue weighted by Gasteiger charge is 2.18. The van der Waals surface area contributed by atoms with E-state index in [1.807, 2.05) is 24.3 Å². The van der Waals surface area contributed by atoms with Crippen molar-refractivity contribution in [3.8, 4) is 16.9 Å². The Balaban J connectivity index is 1.92. The molecule has 1 heterocycles. The SMILES string of the molecule is COc1cccc(CCn2c(N)c(-c3cc(Cl)cc(Cl)c3)c3ccc(N([O-])O)cc3c2=O)c1. The van der Waals surface area contributed by atoms with E-state index in [1.165, 1.54) is 16.7 Å². The van der Waals surface area contributed by atoms with Crippen molar-refractivity contribution in [2.24, 2.45) is 0 Å². The van der Waals surface area contributed by atoms with Gasteiger partial charge in [-0.3, -0.25) is 14.6 Å². The van der Waals surface area contributed by atoms with E-state index in [9.17, 15) is 15.2 Å². The molecule has 3 aromatic carbocycles. The Morgan fingerprint density at radius 3 is 2.45 bits per heavy atom. The van der Waals surface area contributed by atoms with Gasteiger partial charge in [-0.1, -0.05) is 41.4 Å². The Hall–Kier alpha value is -3.23. The van der Waals surface area contributed by atoms with Crippen LogP contribution in [0, 0.1) is 5.21 Å². The minimum absolute atomic E-state index is 0.0706. The minimum Gasteiger partial charge on any atom is -0.733 e. The number of pyridine rings is 1. The highest BCUT2D eigenvalue weighted by atomic mass is 35.5. The molecular formula is C24H20Cl2N3O4-. The molecule has 0 saturated carbocycles. The number of hydrogen-bond donors (Lipinski definition) is 2. The maximum Gasteiger partial charge on any atom is 0.260 e. The van der Waals surface area contributed by atoms with Gasteiger partial charge in [0, 0.05) is 22.2 Å². The molecule has 0 atom stereocenters. The topological polar surface area (TPSA) is 104 Å². The van der Waals surface area contributed by atoms with E-state index in [2.05, 4.69) is 0 Å². The van der Waals surface area contributed by atoms with Crippen LogP contribution in [0.15, 0.2) is 65.5 Å². The Labute approximate surface area is 199 Å². The molecule has 0 aliphatic carbocycles. The highest BCUT2D eigenvalue weighted by molar-refractivity contribution is 6.35. The molecule has 0 aliphatic rings. The molecule has 33 heavy (non-hydrogen) atoms. The number of anilines is 2. The molecule has 7 nitrogen and oxygen atoms in total. The molecule has 9 heteroatoms. The average molecular weight is 485 g/mol. The normalized spacial score (nSPS) is 11.1. The van der Waals surface area contributed by atoms with Crippen LogP contribution in [0.4, 0.5) is 11.5 Å². The largest absolute Gasteiger partial charge is 0.733 e. The Morgan fingerprint density at radius 2 is 1.79 bits per heavy atom. The number of methoxy groups -OCH3 is 1. The molecule has 0 saturated heterocycles. The first-order valence-corrected chi connectivity index (χ1v) is 10.8. The molecule has 1 aromatic heterocycles. The Morgan fingerprint density at radius 1 is 1.06 bits per heavy atom. The summed E-state index contributed by atoms with van der Waals surface area (Å²) in [6.07, 6.45) is 0.510. The van der Waals surface area contributed by atoms with E-state index in [-0.39, 0.29) is 34.2 Å². The second-order valence-corrected chi connectivity index (χ2v) is 8.35. The molecule has 170 valence electrons. The molecule has 4 aromatic rings. The van der Waals surface area contributed by atoms with Crippen molar-refractivity contribution in [1.29, 1.82) is 0 Å². The van der Waals surface area contributed by atoms with Crippen LogP contribution in [-0.2, 0) is 13.0 Å². The van der Waals surface area contributed by atoms with Crippen LogP contribution in [-0.4, -0.2) is 16.9 Å². The fourth-order valence-electron chi connectivity index (χ4n) is 3.87. The smallest absolute Gasteiger partial charge is 0.260 e. The summed E-state index contributed by atoms with van der Waals surface area (Å²) in [7, 11) is 1.59.